The molecule has 2 aliphatic rings. The first-order chi connectivity index (χ1) is 15.4. The zero-order valence-electron chi connectivity index (χ0n) is 17.0. The highest BCUT2D eigenvalue weighted by atomic mass is 19.1. The minimum Gasteiger partial charge on any atom is -0.494 e. The summed E-state index contributed by atoms with van der Waals surface area (Å²) in [6.45, 7) is 0.184. The second-order valence-electron chi connectivity index (χ2n) is 8.03. The van der Waals surface area contributed by atoms with Crippen LogP contribution in [-0.2, 0) is 16.9 Å². The van der Waals surface area contributed by atoms with E-state index >= 15 is 0 Å². The second-order valence-corrected chi connectivity index (χ2v) is 8.03. The van der Waals surface area contributed by atoms with Gasteiger partial charge in [-0.3, -0.25) is 10.1 Å². The number of nitrogens with one attached hydrogen (secondary N) is 2. The number of hydrogen-bond acceptors (Lipinski definition) is 4. The quantitative estimate of drug-likeness (QED) is 0.426. The van der Waals surface area contributed by atoms with Gasteiger partial charge in [-0.2, -0.15) is 0 Å². The Balaban J connectivity index is 1.45. The molecule has 1 saturated heterocycles. The minimum atomic E-state index is -1.49. The number of nitrogens with zero attached hydrogens (tertiary/aromatic N) is 1. The van der Waals surface area contributed by atoms with Crippen LogP contribution >= 0.6 is 0 Å². The first-order valence-electron chi connectivity index (χ1n) is 10.3. The molecule has 1 unspecified atom stereocenters. The maximum Gasteiger partial charge on any atom is 0.322 e. The second kappa shape index (κ2) is 7.61. The summed E-state index contributed by atoms with van der Waals surface area (Å²) in [5.74, 6) is 6.07. The standard InChI is InChI=1S/C24H20FN3O4/c25-18-8-6-17(7-9-18)24(22(30)26-23(31)27-24)14-28-13-16-5-10-19(12-20(16)21(28)29)32-11-1-2-15-3-4-15/h5-10,12-13,15,29H,3-4,11,14H2,(H2,26,27,30,31). The summed E-state index contributed by atoms with van der Waals surface area (Å²) in [7, 11) is 0. The highest BCUT2D eigenvalue weighted by Crippen LogP contribution is 2.35. The molecule has 3 aromatic rings. The number of carbonyl (C=O) groups excluding carboxylic acids is 2. The zero-order valence-corrected chi connectivity index (χ0v) is 17.0. The van der Waals surface area contributed by atoms with Gasteiger partial charge in [0, 0.05) is 22.9 Å². The Kier molecular flexibility index (Phi) is 4.74. The van der Waals surface area contributed by atoms with Crippen molar-refractivity contribution >= 4 is 22.7 Å². The first kappa shape index (κ1) is 19.9. The number of benzene rings is 2. The van der Waals surface area contributed by atoms with Crippen LogP contribution in [-0.4, -0.2) is 28.2 Å². The molecular weight excluding hydrogens is 413 g/mol. The SMILES string of the molecule is O=C1NC(=O)C(Cn2cc3ccc(OCC#CC4CC4)cc3c2O)(c2ccc(F)cc2)N1. The minimum absolute atomic E-state index is 0.0787. The van der Waals surface area contributed by atoms with E-state index in [0.717, 1.165) is 18.2 Å². The van der Waals surface area contributed by atoms with Crippen LogP contribution in [0.25, 0.3) is 10.8 Å². The van der Waals surface area contributed by atoms with Gasteiger partial charge in [-0.15, -0.1) is 0 Å². The van der Waals surface area contributed by atoms with Crippen LogP contribution in [0.15, 0.2) is 48.7 Å². The predicted octanol–water partition coefficient (Wildman–Crippen LogP) is 3.01. The smallest absolute Gasteiger partial charge is 0.322 e. The number of aromatic hydroxyl groups is 1. The molecule has 162 valence electrons. The van der Waals surface area contributed by atoms with E-state index in [1.165, 1.54) is 28.8 Å². The maximum absolute atomic E-state index is 13.4. The molecule has 1 atom stereocenters. The fourth-order valence-electron chi connectivity index (χ4n) is 3.86. The Labute approximate surface area is 183 Å². The molecule has 0 spiro atoms. The lowest BCUT2D eigenvalue weighted by Gasteiger charge is -2.27. The van der Waals surface area contributed by atoms with Crippen molar-refractivity contribution in [3.05, 3.63) is 60.0 Å². The molecule has 32 heavy (non-hydrogen) atoms. The largest absolute Gasteiger partial charge is 0.494 e. The van der Waals surface area contributed by atoms with Gasteiger partial charge in [0.2, 0.25) is 0 Å². The molecule has 1 aliphatic heterocycles. The van der Waals surface area contributed by atoms with Crippen molar-refractivity contribution in [3.8, 4) is 23.5 Å². The van der Waals surface area contributed by atoms with E-state index in [0.29, 0.717) is 22.6 Å². The molecule has 8 heteroatoms. The third-order valence-electron chi connectivity index (χ3n) is 5.71. The molecule has 1 saturated carbocycles. The van der Waals surface area contributed by atoms with E-state index in [-0.39, 0.29) is 19.0 Å². The lowest BCUT2D eigenvalue weighted by molar-refractivity contribution is -0.124. The van der Waals surface area contributed by atoms with Crippen LogP contribution in [0.1, 0.15) is 18.4 Å². The monoisotopic (exact) mass is 433 g/mol. The van der Waals surface area contributed by atoms with E-state index in [4.69, 9.17) is 4.74 Å². The summed E-state index contributed by atoms with van der Waals surface area (Å²) in [5.41, 5.74) is -1.09. The Morgan fingerprint density at radius 2 is 1.97 bits per heavy atom. The molecule has 1 aromatic heterocycles. The van der Waals surface area contributed by atoms with E-state index in [9.17, 15) is 19.1 Å². The Hall–Kier alpha value is -3.99. The van der Waals surface area contributed by atoms with E-state index in [2.05, 4.69) is 22.5 Å². The van der Waals surface area contributed by atoms with Crippen molar-refractivity contribution in [2.75, 3.05) is 6.61 Å². The van der Waals surface area contributed by atoms with Crippen LogP contribution in [0, 0.1) is 23.6 Å². The number of imide groups is 1. The van der Waals surface area contributed by atoms with Gasteiger partial charge in [-0.25, -0.2) is 9.18 Å². The maximum atomic E-state index is 13.4. The Bertz CT molecular complexity index is 1280. The number of rotatable bonds is 5. The van der Waals surface area contributed by atoms with Crippen molar-refractivity contribution in [1.82, 2.24) is 15.2 Å². The van der Waals surface area contributed by atoms with Crippen molar-refractivity contribution in [3.63, 3.8) is 0 Å². The molecule has 1 aliphatic carbocycles. The molecule has 3 N–H and O–H groups in total. The highest BCUT2D eigenvalue weighted by molar-refractivity contribution is 6.07. The van der Waals surface area contributed by atoms with Gasteiger partial charge in [-0.1, -0.05) is 24.0 Å². The van der Waals surface area contributed by atoms with E-state index < -0.39 is 23.3 Å². The third kappa shape index (κ3) is 3.62. The predicted molar refractivity (Wildman–Crippen MR) is 114 cm³/mol. The summed E-state index contributed by atoms with van der Waals surface area (Å²) in [6, 6.07) is 9.95. The number of ether oxygens (including phenoxy) is 1. The molecule has 2 aromatic carbocycles. The van der Waals surface area contributed by atoms with Crippen molar-refractivity contribution in [1.29, 1.82) is 0 Å². The van der Waals surface area contributed by atoms with E-state index in [1.54, 1.807) is 24.4 Å². The van der Waals surface area contributed by atoms with Gasteiger partial charge >= 0.3 is 6.03 Å². The number of carbonyl (C=O) groups is 2. The molecular formula is C24H20FN3O4. The summed E-state index contributed by atoms with van der Waals surface area (Å²) in [4.78, 5) is 24.7. The lowest BCUT2D eigenvalue weighted by atomic mass is 9.89. The lowest BCUT2D eigenvalue weighted by Crippen LogP contribution is -2.47. The Morgan fingerprint density at radius 1 is 1.19 bits per heavy atom. The highest BCUT2D eigenvalue weighted by Gasteiger charge is 2.48. The number of urea groups is 1. The molecule has 0 bridgehead atoms. The molecule has 2 fully saturated rings. The summed E-state index contributed by atoms with van der Waals surface area (Å²) >= 11 is 0. The molecule has 0 radical (unpaired) electrons. The summed E-state index contributed by atoms with van der Waals surface area (Å²) < 4.78 is 20.6. The Morgan fingerprint density at radius 3 is 2.66 bits per heavy atom. The zero-order chi connectivity index (χ0) is 22.3. The van der Waals surface area contributed by atoms with Gasteiger partial charge in [0.25, 0.3) is 5.91 Å². The fourth-order valence-corrected chi connectivity index (χ4v) is 3.86. The van der Waals surface area contributed by atoms with Crippen LogP contribution < -0.4 is 15.4 Å². The number of hydrogen-bond donors (Lipinski definition) is 3. The number of aromatic nitrogens is 1. The molecule has 2 heterocycles. The van der Waals surface area contributed by atoms with E-state index in [1.807, 2.05) is 0 Å². The van der Waals surface area contributed by atoms with Gasteiger partial charge < -0.3 is 19.7 Å². The molecule has 5 rings (SSSR count). The number of halogens is 1. The van der Waals surface area contributed by atoms with Gasteiger partial charge in [-0.05, 0) is 48.7 Å². The van der Waals surface area contributed by atoms with Gasteiger partial charge in [0.05, 0.1) is 6.54 Å². The number of fused-ring (bicyclic) bond motifs is 1. The van der Waals surface area contributed by atoms with Crippen LogP contribution in [0.3, 0.4) is 0 Å². The van der Waals surface area contributed by atoms with Crippen molar-refractivity contribution < 1.29 is 23.8 Å². The summed E-state index contributed by atoms with van der Waals surface area (Å²) in [5, 5.41) is 17.0. The topological polar surface area (TPSA) is 92.6 Å². The van der Waals surface area contributed by atoms with Crippen LogP contribution in [0.4, 0.5) is 9.18 Å². The molecule has 7 nitrogen and oxygen atoms in total. The van der Waals surface area contributed by atoms with Crippen LogP contribution in [0.2, 0.25) is 0 Å². The van der Waals surface area contributed by atoms with Gasteiger partial charge in [0.1, 0.15) is 18.2 Å². The van der Waals surface area contributed by atoms with Gasteiger partial charge in [0.15, 0.2) is 11.4 Å². The first-order valence-corrected chi connectivity index (χ1v) is 10.3. The fraction of sp³-hybridized carbons (Fsp3) is 0.250. The number of amides is 3. The summed E-state index contributed by atoms with van der Waals surface area (Å²) in [6.07, 6.45) is 3.99. The third-order valence-corrected chi connectivity index (χ3v) is 5.71. The molecule has 3 amide bonds. The average Bonchev–Trinajstić information content (AvgIpc) is 3.49. The average molecular weight is 433 g/mol. The van der Waals surface area contributed by atoms with Crippen LogP contribution in [0.5, 0.6) is 11.6 Å². The van der Waals surface area contributed by atoms with Crippen molar-refractivity contribution in [2.24, 2.45) is 5.92 Å². The normalized spacial score (nSPS) is 19.9. The van der Waals surface area contributed by atoms with Crippen molar-refractivity contribution in [2.45, 2.75) is 24.9 Å².